The first-order valence-electron chi connectivity index (χ1n) is 43.3. The van der Waals surface area contributed by atoms with Crippen molar-refractivity contribution in [1.82, 2.24) is 34.3 Å². The molecule has 2 unspecified atom stereocenters. The van der Waals surface area contributed by atoms with Crippen LogP contribution in [0, 0.1) is 23.2 Å². The van der Waals surface area contributed by atoms with Gasteiger partial charge in [-0.3, -0.25) is 19.5 Å². The van der Waals surface area contributed by atoms with Gasteiger partial charge in [0, 0.05) is 97.2 Å². The Morgan fingerprint density at radius 3 is 1.08 bits per heavy atom. The second kappa shape index (κ2) is 58.7. The molecule has 0 spiro atoms. The first-order valence-corrected chi connectivity index (χ1v) is 43.3. The van der Waals surface area contributed by atoms with Crippen molar-refractivity contribution < 1.29 is 52.5 Å². The fraction of sp³-hybridized carbons (Fsp3) is 0.989. The van der Waals surface area contributed by atoms with Crippen molar-refractivity contribution in [3.8, 4) is 0 Å². The van der Waals surface area contributed by atoms with Gasteiger partial charge in [0.25, 0.3) is 0 Å². The van der Waals surface area contributed by atoms with Crippen molar-refractivity contribution in [2.24, 2.45) is 23.2 Å². The fourth-order valence-corrected chi connectivity index (χ4v) is 14.8. The van der Waals surface area contributed by atoms with E-state index in [9.17, 15) is 9.90 Å². The van der Waals surface area contributed by atoms with Crippen LogP contribution in [-0.4, -0.2) is 294 Å². The number of carbonyl (C=O) groups excluding carboxylic acids is 1. The molecule has 0 aromatic carbocycles. The largest absolute Gasteiger partial charge is 0.463 e. The van der Waals surface area contributed by atoms with Gasteiger partial charge in [-0.2, -0.15) is 0 Å². The first-order chi connectivity index (χ1) is 49.3. The van der Waals surface area contributed by atoms with E-state index in [4.69, 9.17) is 42.6 Å². The zero-order valence-electron chi connectivity index (χ0n) is 74.1. The minimum absolute atomic E-state index is 0.0208. The number of nitrogens with zero attached hydrogens (tertiary/aromatic N) is 7. The van der Waals surface area contributed by atoms with E-state index >= 15 is 0 Å². The molecule has 4 atom stereocenters. The summed E-state index contributed by atoms with van der Waals surface area (Å²) in [6.07, 6.45) is 24.4. The van der Waals surface area contributed by atoms with Gasteiger partial charge in [0.15, 0.2) is 0 Å². The van der Waals surface area contributed by atoms with Gasteiger partial charge >= 0.3 is 5.97 Å². The molecular formula is C87H179N7O11. The van der Waals surface area contributed by atoms with Gasteiger partial charge in [0.1, 0.15) is 0 Å². The summed E-state index contributed by atoms with van der Waals surface area (Å²) in [5, 5.41) is 9.93. The molecule has 628 valence electrons. The minimum atomic E-state index is -0.513. The normalized spacial score (nSPS) is 22.8. The molecule has 0 radical (unpaired) electrons. The second-order valence-corrected chi connectivity index (χ2v) is 36.2. The topological polar surface area (TPSA) is 143 Å². The van der Waals surface area contributed by atoms with Gasteiger partial charge in [-0.25, -0.2) is 0 Å². The van der Waals surface area contributed by atoms with Crippen LogP contribution in [0.3, 0.4) is 0 Å². The predicted octanol–water partition coefficient (Wildman–Crippen LogP) is 16.3. The summed E-state index contributed by atoms with van der Waals surface area (Å²) in [5.41, 5.74) is 0.392. The highest BCUT2D eigenvalue weighted by Crippen LogP contribution is 2.34. The summed E-state index contributed by atoms with van der Waals surface area (Å²) in [6, 6.07) is 0. The van der Waals surface area contributed by atoms with Gasteiger partial charge in [0.2, 0.25) is 0 Å². The third-order valence-corrected chi connectivity index (χ3v) is 21.0. The van der Waals surface area contributed by atoms with E-state index in [1.54, 1.807) is 0 Å². The first kappa shape index (κ1) is 102. The summed E-state index contributed by atoms with van der Waals surface area (Å²) in [4.78, 5) is 28.8. The molecular weight excluding hydrogens is 1320 g/mol. The summed E-state index contributed by atoms with van der Waals surface area (Å²) in [5.74, 6) is 2.25. The molecule has 7 aliphatic heterocycles. The summed E-state index contributed by atoms with van der Waals surface area (Å²) in [6.45, 7) is 83.6. The zero-order valence-corrected chi connectivity index (χ0v) is 74.1. The molecule has 0 bridgehead atoms. The molecule has 105 heavy (non-hydrogen) atoms. The van der Waals surface area contributed by atoms with Crippen molar-refractivity contribution in [1.29, 1.82) is 0 Å². The maximum absolute atomic E-state index is 11.3. The Hall–Kier alpha value is -1.17. The maximum Gasteiger partial charge on any atom is 0.306 e. The second-order valence-electron chi connectivity index (χ2n) is 36.2. The number of carbonyl (C=O) groups is 1. The monoisotopic (exact) mass is 1500 g/mol. The number of piperidine rings is 5. The number of rotatable bonds is 33. The number of hydrogen-bond donors (Lipinski definition) is 1. The average molecular weight is 1500 g/mol. The Balaban J connectivity index is 0.000000613. The lowest BCUT2D eigenvalue weighted by molar-refractivity contribution is -0.147. The van der Waals surface area contributed by atoms with Crippen molar-refractivity contribution >= 4 is 5.97 Å². The summed E-state index contributed by atoms with van der Waals surface area (Å²) < 4.78 is 49.7. The highest BCUT2D eigenvalue weighted by molar-refractivity contribution is 5.69. The van der Waals surface area contributed by atoms with Crippen LogP contribution in [0.15, 0.2) is 0 Å². The van der Waals surface area contributed by atoms with Gasteiger partial charge in [-0.15, -0.1) is 0 Å². The van der Waals surface area contributed by atoms with Crippen LogP contribution in [0.1, 0.15) is 289 Å². The third kappa shape index (κ3) is 56.7. The maximum atomic E-state index is 11.3. The number of hydrogen-bond acceptors (Lipinski definition) is 18. The lowest BCUT2D eigenvalue weighted by atomic mass is 9.75. The Kier molecular flexibility index (Phi) is 56.9. The molecule has 7 rings (SSSR count). The molecule has 0 aromatic rings. The number of esters is 1. The van der Waals surface area contributed by atoms with Crippen molar-refractivity contribution in [3.05, 3.63) is 0 Å². The van der Waals surface area contributed by atoms with Gasteiger partial charge in [0.05, 0.1) is 92.6 Å². The van der Waals surface area contributed by atoms with E-state index in [-0.39, 0.29) is 12.1 Å². The van der Waals surface area contributed by atoms with E-state index in [0.29, 0.717) is 84.3 Å². The Morgan fingerprint density at radius 2 is 0.714 bits per heavy atom. The molecule has 0 aromatic heterocycles. The van der Waals surface area contributed by atoms with E-state index < -0.39 is 5.60 Å². The Bertz CT molecular complexity index is 1940. The molecule has 0 aliphatic carbocycles. The molecule has 18 nitrogen and oxygen atoms in total. The van der Waals surface area contributed by atoms with Crippen LogP contribution in [0.2, 0.25) is 0 Å². The molecule has 0 amide bonds. The molecule has 7 aliphatic rings. The standard InChI is InChI=1S/C15H31NO.C13H27NO2.C13H27NO.C12H23NO2.C12H25NO.2C11H23NO2/c1-13(2)17-12-6-9-16-10-7-14(8-11-16)15(3,4)5;1-11(2)16-10-9-14-7-5-12(6-8-14)13(3,4)15;1-12(2)15-11-7-10-14-9-6-5-8-13(14,3)4;1-11(2)15-12(14)7-6-10-13-8-4-3-5-9-13;1-11(2)14-10-4-7-13-8-5-12(3)6-9-13;2*1-9(2)13-6-5-12-7-10(3)14-11(4)8-12/h13-14H,6-12H2,1-5H3;11-12,15H,5-10H2,1-4H3;12H,5-11H2,1-4H3;11H,3-10H2,1-2H3;11-12H,4-10H2,1-3H3;2*9-11H,5-8H2,1-4H3/t;;;;;10-,11+;. The van der Waals surface area contributed by atoms with Gasteiger partial charge < -0.3 is 67.3 Å². The van der Waals surface area contributed by atoms with Crippen LogP contribution in [-0.2, 0) is 47.4 Å². The fourth-order valence-electron chi connectivity index (χ4n) is 14.8. The molecule has 0 saturated carbocycles. The smallest absolute Gasteiger partial charge is 0.306 e. The lowest BCUT2D eigenvalue weighted by Crippen LogP contribution is -2.47. The number of aliphatic hydroxyl groups is 1. The highest BCUT2D eigenvalue weighted by atomic mass is 16.5. The highest BCUT2D eigenvalue weighted by Gasteiger charge is 2.32. The third-order valence-electron chi connectivity index (χ3n) is 21.0. The van der Waals surface area contributed by atoms with E-state index in [0.717, 1.165) is 136 Å². The molecule has 7 fully saturated rings. The Labute approximate surface area is 650 Å². The molecule has 7 heterocycles. The van der Waals surface area contributed by atoms with Crippen molar-refractivity contribution in [3.63, 3.8) is 0 Å². The van der Waals surface area contributed by atoms with Crippen LogP contribution < -0.4 is 0 Å². The number of morpholine rings is 2. The summed E-state index contributed by atoms with van der Waals surface area (Å²) in [7, 11) is 0. The minimum Gasteiger partial charge on any atom is -0.463 e. The van der Waals surface area contributed by atoms with Crippen LogP contribution in [0.5, 0.6) is 0 Å². The van der Waals surface area contributed by atoms with Crippen LogP contribution in [0.4, 0.5) is 0 Å². The van der Waals surface area contributed by atoms with E-state index in [1.807, 2.05) is 27.7 Å². The van der Waals surface area contributed by atoms with E-state index in [1.165, 1.54) is 149 Å². The molecule has 1 N–H and O–H groups in total. The van der Waals surface area contributed by atoms with Crippen molar-refractivity contribution in [2.45, 2.75) is 367 Å². The van der Waals surface area contributed by atoms with Crippen LogP contribution in [0.25, 0.3) is 0 Å². The van der Waals surface area contributed by atoms with Gasteiger partial charge in [-0.05, 0) is 331 Å². The van der Waals surface area contributed by atoms with E-state index in [2.05, 4.69) is 187 Å². The van der Waals surface area contributed by atoms with Crippen LogP contribution >= 0.6 is 0 Å². The SMILES string of the molecule is CC(C)OC(=O)CCCN1CCCCC1.CC(C)OCCCN1CCC(C(C)(C)C)CC1.CC(C)OCCCN1CCCCC1(C)C.CC(C)OCCN1CC(C)OC(C)C1.CC(C)OCCN1CCC(C(C)(C)O)CC1.CC(C)OCCN1C[C@@H](C)O[C@@H](C)C1.CC1CCN(CCCOC(C)C)CC1. The lowest BCUT2D eigenvalue weighted by Gasteiger charge is -2.42. The number of likely N-dealkylation sites (tertiary alicyclic amines) is 5. The van der Waals surface area contributed by atoms with Crippen molar-refractivity contribution in [2.75, 3.05) is 171 Å². The molecule has 7 saturated heterocycles. The average Bonchev–Trinajstić information content (AvgIpc) is 0.862. The predicted molar refractivity (Wildman–Crippen MR) is 442 cm³/mol. The quantitative estimate of drug-likeness (QED) is 0.0491. The summed E-state index contributed by atoms with van der Waals surface area (Å²) >= 11 is 0. The molecule has 18 heteroatoms. The number of ether oxygens (including phenoxy) is 9. The zero-order chi connectivity index (χ0) is 79.0. The Morgan fingerprint density at radius 1 is 0.390 bits per heavy atom. The van der Waals surface area contributed by atoms with Gasteiger partial charge in [-0.1, -0.05) is 40.5 Å².